The molecule has 4 aromatic rings. The van der Waals surface area contributed by atoms with E-state index in [0.717, 1.165) is 46.9 Å². The van der Waals surface area contributed by atoms with E-state index >= 15 is 0 Å². The Hall–Kier alpha value is -4.33. The van der Waals surface area contributed by atoms with Gasteiger partial charge in [0.1, 0.15) is 5.75 Å². The molecule has 0 radical (unpaired) electrons. The van der Waals surface area contributed by atoms with E-state index in [0.29, 0.717) is 19.6 Å². The molecule has 4 aromatic carbocycles. The van der Waals surface area contributed by atoms with E-state index in [1.807, 2.05) is 84.9 Å². The Labute approximate surface area is 268 Å². The summed E-state index contributed by atoms with van der Waals surface area (Å²) in [6.45, 7) is 5.65. The maximum Gasteiger partial charge on any atom is 0.341 e. The number of unbranched alkanes of at least 4 members (excludes halogenated alkanes) is 3. The second-order valence-electron chi connectivity index (χ2n) is 11.3. The molecule has 5 nitrogen and oxygen atoms in total. The monoisotopic (exact) mass is 618 g/mol. The number of hydrogen-bond donors (Lipinski definition) is 0. The Balaban J connectivity index is 1.36. The molecule has 0 saturated carbocycles. The van der Waals surface area contributed by atoms with Crippen molar-refractivity contribution >= 4 is 30.0 Å². The number of methoxy groups -OCH3 is 2. The third kappa shape index (κ3) is 10.4. The van der Waals surface area contributed by atoms with Gasteiger partial charge in [-0.25, -0.2) is 4.79 Å². The minimum Gasteiger partial charge on any atom is -0.497 e. The highest BCUT2D eigenvalue weighted by Gasteiger charge is 2.25. The van der Waals surface area contributed by atoms with Gasteiger partial charge >= 0.3 is 5.97 Å². The maximum atomic E-state index is 13.4. The van der Waals surface area contributed by atoms with E-state index in [1.54, 1.807) is 7.11 Å². The fourth-order valence-corrected chi connectivity index (χ4v) is 6.52. The average molecular weight is 619 g/mol. The van der Waals surface area contributed by atoms with Gasteiger partial charge in [0.15, 0.2) is 14.2 Å². The minimum absolute atomic E-state index is 0.505. The van der Waals surface area contributed by atoms with Crippen molar-refractivity contribution < 1.29 is 23.7 Å². The van der Waals surface area contributed by atoms with Gasteiger partial charge in [-0.15, -0.1) is 5.54 Å². The van der Waals surface area contributed by atoms with Crippen LogP contribution in [-0.2, 0) is 25.6 Å². The van der Waals surface area contributed by atoms with Crippen LogP contribution in [0, 0.1) is 23.3 Å². The molecule has 0 aromatic heterocycles. The number of carbonyl (C=O) groups excluding carboxylic acids is 1. The first-order valence-electron chi connectivity index (χ1n) is 15.4. The van der Waals surface area contributed by atoms with E-state index < -0.39 is 26.3 Å². The first-order chi connectivity index (χ1) is 21.9. The van der Waals surface area contributed by atoms with Gasteiger partial charge in [-0.2, -0.15) is 0 Å². The van der Waals surface area contributed by atoms with Crippen LogP contribution in [0.4, 0.5) is 0 Å². The summed E-state index contributed by atoms with van der Waals surface area (Å²) in [5.74, 6) is 9.87. The summed E-state index contributed by atoms with van der Waals surface area (Å²) in [6.07, 6.45) is 1.83. The fraction of sp³-hybridized carbons (Fsp3) is 0.308. The summed E-state index contributed by atoms with van der Waals surface area (Å²) in [7, 11) is 1.08. The van der Waals surface area contributed by atoms with Crippen LogP contribution in [0.2, 0.25) is 13.1 Å². The molecule has 0 spiro atoms. The normalized spacial score (nSPS) is 12.3. The van der Waals surface area contributed by atoms with Crippen LogP contribution in [0.1, 0.15) is 42.9 Å². The number of hydrogen-bond acceptors (Lipinski definition) is 5. The van der Waals surface area contributed by atoms with Crippen molar-refractivity contribution in [3.05, 3.63) is 108 Å². The predicted molar refractivity (Wildman–Crippen MR) is 184 cm³/mol. The molecule has 45 heavy (non-hydrogen) atoms. The topological polar surface area (TPSA) is 54.0 Å². The average Bonchev–Trinajstić information content (AvgIpc) is 3.07. The zero-order chi connectivity index (χ0) is 31.9. The molecule has 0 heterocycles. The summed E-state index contributed by atoms with van der Waals surface area (Å²) in [5, 5.41) is 3.34. The molecule has 0 bridgehead atoms. The van der Waals surface area contributed by atoms with Gasteiger partial charge in [-0.3, -0.25) is 0 Å². The molecule has 0 saturated heterocycles. The quantitative estimate of drug-likeness (QED) is 0.0677. The van der Waals surface area contributed by atoms with Crippen LogP contribution in [0.25, 0.3) is 10.8 Å². The Morgan fingerprint density at radius 1 is 0.800 bits per heavy atom. The number of ether oxygens (including phenoxy) is 4. The van der Waals surface area contributed by atoms with Gasteiger partial charge < -0.3 is 18.9 Å². The Bertz CT molecular complexity index is 1640. The predicted octanol–water partition coefficient (Wildman–Crippen LogP) is 7.39. The second kappa shape index (κ2) is 17.2. The molecule has 0 aliphatic heterocycles. The third-order valence-electron chi connectivity index (χ3n) is 7.52. The number of esters is 1. The van der Waals surface area contributed by atoms with E-state index in [9.17, 15) is 4.79 Å². The minimum atomic E-state index is -2.10. The highest BCUT2D eigenvalue weighted by atomic mass is 28.3. The molecule has 0 fully saturated rings. The zero-order valence-electron chi connectivity index (χ0n) is 26.7. The van der Waals surface area contributed by atoms with Crippen molar-refractivity contribution in [1.29, 1.82) is 0 Å². The van der Waals surface area contributed by atoms with Crippen molar-refractivity contribution in [3.63, 3.8) is 0 Å². The van der Waals surface area contributed by atoms with Crippen molar-refractivity contribution in [2.24, 2.45) is 0 Å². The first kappa shape index (κ1) is 33.6. The fourth-order valence-electron chi connectivity index (χ4n) is 4.86. The molecule has 0 aliphatic carbocycles. The van der Waals surface area contributed by atoms with Gasteiger partial charge in [0.2, 0.25) is 6.10 Å². The van der Waals surface area contributed by atoms with Crippen molar-refractivity contribution in [1.82, 2.24) is 0 Å². The molecular formula is C39H42O5Si. The Kier molecular flexibility index (Phi) is 12.8. The lowest BCUT2D eigenvalue weighted by molar-refractivity contribution is -0.156. The summed E-state index contributed by atoms with van der Waals surface area (Å²) in [6, 6.07) is 32.0. The number of carbonyl (C=O) groups is 1. The molecule has 2 atom stereocenters. The van der Waals surface area contributed by atoms with E-state index in [-0.39, 0.29) is 0 Å². The lowest BCUT2D eigenvalue weighted by atomic mass is 10.0. The van der Waals surface area contributed by atoms with Crippen LogP contribution in [-0.4, -0.2) is 41.0 Å². The second-order valence-corrected chi connectivity index (χ2v) is 15.4. The highest BCUT2D eigenvalue weighted by molar-refractivity contribution is 6.96. The zero-order valence-corrected chi connectivity index (χ0v) is 27.7. The summed E-state index contributed by atoms with van der Waals surface area (Å²) < 4.78 is 22.5. The van der Waals surface area contributed by atoms with Crippen LogP contribution >= 0.6 is 0 Å². The van der Waals surface area contributed by atoms with Crippen molar-refractivity contribution in [3.8, 4) is 29.1 Å². The third-order valence-corrected chi connectivity index (χ3v) is 10.1. The van der Waals surface area contributed by atoms with Crippen LogP contribution in [0.5, 0.6) is 5.75 Å². The van der Waals surface area contributed by atoms with Gasteiger partial charge in [0.05, 0.1) is 13.7 Å². The lowest BCUT2D eigenvalue weighted by Crippen LogP contribution is -2.40. The number of benzene rings is 4. The number of fused-ring (bicyclic) bond motifs is 1. The summed E-state index contributed by atoms with van der Waals surface area (Å²) >= 11 is 0. The van der Waals surface area contributed by atoms with Crippen LogP contribution in [0.15, 0.2) is 97.1 Å². The van der Waals surface area contributed by atoms with Gasteiger partial charge in [-0.05, 0) is 64.0 Å². The van der Waals surface area contributed by atoms with Gasteiger partial charge in [0.25, 0.3) is 0 Å². The van der Waals surface area contributed by atoms with Gasteiger partial charge in [0, 0.05) is 20.1 Å². The van der Waals surface area contributed by atoms with E-state index in [1.165, 1.54) is 12.3 Å². The highest BCUT2D eigenvalue weighted by Crippen LogP contribution is 2.24. The summed E-state index contributed by atoms with van der Waals surface area (Å²) in [5.41, 5.74) is 5.30. The molecule has 0 unspecified atom stereocenters. The standard InChI is InChI=1S/C39H42O5Si/c1-41-35-24-20-31(21-25-35)30-43-27-14-7-5-6-9-17-36(26-28-45(3,4)37-18-10-8-11-19-37)44-39(40)38(42-2)34-23-22-32-15-12-13-16-33(32)29-34/h8,10-13,15-16,18-25,29,36,38H,5-7,14,27,30H2,1-4H3/t36-,38+/m1/s1. The first-order valence-corrected chi connectivity index (χ1v) is 18.4. The van der Waals surface area contributed by atoms with Crippen LogP contribution < -0.4 is 9.92 Å². The molecule has 0 aliphatic rings. The molecule has 0 N–H and O–H groups in total. The van der Waals surface area contributed by atoms with Gasteiger partial charge in [-0.1, -0.05) is 110 Å². The molecule has 4 rings (SSSR count). The Morgan fingerprint density at radius 3 is 2.27 bits per heavy atom. The molecule has 0 amide bonds. The molecular weight excluding hydrogens is 577 g/mol. The lowest BCUT2D eigenvalue weighted by Gasteiger charge is -2.18. The number of rotatable bonds is 13. The Morgan fingerprint density at radius 2 is 1.53 bits per heavy atom. The summed E-state index contributed by atoms with van der Waals surface area (Å²) in [4.78, 5) is 13.4. The van der Waals surface area contributed by atoms with Crippen molar-refractivity contribution in [2.45, 2.75) is 57.6 Å². The molecule has 6 heteroatoms. The van der Waals surface area contributed by atoms with Crippen molar-refractivity contribution in [2.75, 3.05) is 20.8 Å². The van der Waals surface area contributed by atoms with E-state index in [4.69, 9.17) is 18.9 Å². The SMILES string of the molecule is COc1ccc(COCCCCCC#C[C@H](C#C[Si](C)(C)c2ccccc2)OC(=O)[C@@H](OC)c2ccc3ccccc3c2)cc1. The maximum absolute atomic E-state index is 13.4. The molecule has 232 valence electrons. The van der Waals surface area contributed by atoms with Crippen LogP contribution in [0.3, 0.4) is 0 Å². The smallest absolute Gasteiger partial charge is 0.341 e. The largest absolute Gasteiger partial charge is 0.497 e. The van der Waals surface area contributed by atoms with E-state index in [2.05, 4.69) is 48.5 Å².